The Morgan fingerprint density at radius 2 is 1.90 bits per heavy atom. The Kier molecular flexibility index (Phi) is 9.99. The normalized spacial score (nSPS) is 11.8. The molecule has 0 radical (unpaired) electrons. The maximum atomic E-state index is 14.8. The van der Waals surface area contributed by atoms with Gasteiger partial charge in [-0.25, -0.2) is 14.4 Å². The summed E-state index contributed by atoms with van der Waals surface area (Å²) in [6.45, 7) is 2.29. The van der Waals surface area contributed by atoms with Crippen LogP contribution in [-0.4, -0.2) is 64.1 Å². The molecule has 0 aliphatic heterocycles. The molecule has 0 aliphatic rings. The van der Waals surface area contributed by atoms with Crippen LogP contribution in [0.2, 0.25) is 0 Å². The Hall–Kier alpha value is -4.62. The molecule has 42 heavy (non-hydrogen) atoms. The number of aromatic nitrogens is 3. The first-order valence-corrected chi connectivity index (χ1v) is 13.4. The fourth-order valence-corrected chi connectivity index (χ4v) is 4.38. The van der Waals surface area contributed by atoms with Gasteiger partial charge < -0.3 is 31.5 Å². The zero-order valence-electron chi connectivity index (χ0n) is 23.3. The number of methoxy groups -OCH3 is 1. The first-order chi connectivity index (χ1) is 20.3. The van der Waals surface area contributed by atoms with Crippen LogP contribution < -0.4 is 26.4 Å². The third-order valence-corrected chi connectivity index (χ3v) is 6.61. The standard InChI is InChI=1S/C29H33F2N7O4/c1-3-17-13-18(6-7-20(17)29(41)36-15-19(39)14-34-24(40)5-4-10-32)37-27-28-35-16-22(38(28)12-11-33-27)21-8-9-23(42-2)26(31)25(21)30/h6-9,11-13,16,19,39H,3-5,10,14-15,32H2,1-2H3,(H,33,37)(H,34,40)(H,36,41). The Labute approximate surface area is 241 Å². The van der Waals surface area contributed by atoms with E-state index in [4.69, 9.17) is 10.5 Å². The second-order valence-corrected chi connectivity index (χ2v) is 9.47. The van der Waals surface area contributed by atoms with Crippen LogP contribution in [0.3, 0.4) is 0 Å². The van der Waals surface area contributed by atoms with E-state index in [9.17, 15) is 23.5 Å². The summed E-state index contributed by atoms with van der Waals surface area (Å²) in [6.07, 6.45) is 4.96. The van der Waals surface area contributed by atoms with Crippen molar-refractivity contribution in [2.45, 2.75) is 32.3 Å². The van der Waals surface area contributed by atoms with Crippen molar-refractivity contribution in [2.75, 3.05) is 32.1 Å². The molecule has 13 heteroatoms. The highest BCUT2D eigenvalue weighted by atomic mass is 19.2. The molecule has 222 valence electrons. The van der Waals surface area contributed by atoms with E-state index in [-0.39, 0.29) is 42.6 Å². The number of nitrogens with two attached hydrogens (primary N) is 1. The number of fused-ring (bicyclic) bond motifs is 1. The first kappa shape index (κ1) is 30.3. The molecule has 2 heterocycles. The molecule has 0 fully saturated rings. The molecule has 0 bridgehead atoms. The van der Waals surface area contributed by atoms with Crippen molar-refractivity contribution in [2.24, 2.45) is 5.73 Å². The summed E-state index contributed by atoms with van der Waals surface area (Å²) < 4.78 is 35.6. The second-order valence-electron chi connectivity index (χ2n) is 9.47. The van der Waals surface area contributed by atoms with Crippen LogP contribution in [-0.2, 0) is 11.2 Å². The third kappa shape index (κ3) is 6.81. The van der Waals surface area contributed by atoms with Crippen molar-refractivity contribution in [3.8, 4) is 17.0 Å². The Morgan fingerprint density at radius 1 is 1.12 bits per heavy atom. The van der Waals surface area contributed by atoms with Gasteiger partial charge in [0.2, 0.25) is 11.7 Å². The fourth-order valence-electron chi connectivity index (χ4n) is 4.38. The minimum atomic E-state index is -1.09. The smallest absolute Gasteiger partial charge is 0.251 e. The number of nitrogens with zero attached hydrogens (tertiary/aromatic N) is 3. The number of amides is 2. The number of ether oxygens (including phenoxy) is 1. The highest BCUT2D eigenvalue weighted by molar-refractivity contribution is 5.96. The van der Waals surface area contributed by atoms with Gasteiger partial charge in [-0.15, -0.1) is 0 Å². The number of anilines is 2. The number of aliphatic hydroxyl groups excluding tert-OH is 1. The van der Waals surface area contributed by atoms with E-state index in [0.29, 0.717) is 47.8 Å². The number of aliphatic hydroxyl groups is 1. The van der Waals surface area contributed by atoms with Crippen molar-refractivity contribution < 1.29 is 28.2 Å². The van der Waals surface area contributed by atoms with Crippen LogP contribution in [0.15, 0.2) is 48.9 Å². The molecule has 4 rings (SSSR count). The minimum Gasteiger partial charge on any atom is -0.494 e. The van der Waals surface area contributed by atoms with Gasteiger partial charge in [0.25, 0.3) is 5.91 Å². The predicted octanol–water partition coefficient (Wildman–Crippen LogP) is 2.93. The van der Waals surface area contributed by atoms with E-state index in [1.54, 1.807) is 28.8 Å². The highest BCUT2D eigenvalue weighted by Crippen LogP contribution is 2.31. The fraction of sp³-hybridized carbons (Fsp3) is 0.310. The van der Waals surface area contributed by atoms with Crippen LogP contribution in [0.25, 0.3) is 16.9 Å². The van der Waals surface area contributed by atoms with Crippen molar-refractivity contribution in [3.05, 3.63) is 71.7 Å². The van der Waals surface area contributed by atoms with E-state index < -0.39 is 17.7 Å². The molecule has 2 aromatic heterocycles. The molecule has 2 amide bonds. The molecule has 0 spiro atoms. The van der Waals surface area contributed by atoms with Crippen LogP contribution in [0, 0.1) is 11.6 Å². The van der Waals surface area contributed by atoms with E-state index >= 15 is 0 Å². The number of hydrogen-bond donors (Lipinski definition) is 5. The Bertz CT molecular complexity index is 1580. The van der Waals surface area contributed by atoms with Gasteiger partial charge in [-0.3, -0.25) is 14.0 Å². The predicted molar refractivity (Wildman–Crippen MR) is 154 cm³/mol. The summed E-state index contributed by atoms with van der Waals surface area (Å²) in [5.74, 6) is -2.54. The SMILES string of the molecule is CCc1cc(Nc2nccn3c(-c4ccc(OC)c(F)c4F)cnc23)ccc1C(=O)NCC(O)CNC(=O)CCCN. The van der Waals surface area contributed by atoms with Gasteiger partial charge in [0.15, 0.2) is 23.0 Å². The van der Waals surface area contributed by atoms with Gasteiger partial charge in [-0.05, 0) is 55.3 Å². The number of halogens is 2. The zero-order chi connectivity index (χ0) is 30.2. The van der Waals surface area contributed by atoms with Gasteiger partial charge >= 0.3 is 0 Å². The number of rotatable bonds is 13. The Balaban J connectivity index is 1.47. The Morgan fingerprint density at radius 3 is 2.64 bits per heavy atom. The number of carbonyl (C=O) groups is 2. The monoisotopic (exact) mass is 581 g/mol. The van der Waals surface area contributed by atoms with E-state index in [0.717, 1.165) is 5.56 Å². The average Bonchev–Trinajstić information content (AvgIpc) is 3.43. The number of hydrogen-bond acceptors (Lipinski definition) is 8. The van der Waals surface area contributed by atoms with Crippen LogP contribution >= 0.6 is 0 Å². The maximum Gasteiger partial charge on any atom is 0.251 e. The number of benzene rings is 2. The molecule has 6 N–H and O–H groups in total. The molecule has 11 nitrogen and oxygen atoms in total. The number of nitrogens with one attached hydrogen (secondary N) is 3. The lowest BCUT2D eigenvalue weighted by atomic mass is 10.0. The topological polar surface area (TPSA) is 156 Å². The van der Waals surface area contributed by atoms with Gasteiger partial charge in [0.1, 0.15) is 0 Å². The van der Waals surface area contributed by atoms with Crippen molar-refractivity contribution >= 4 is 29.0 Å². The molecule has 2 aromatic carbocycles. The maximum absolute atomic E-state index is 14.8. The molecule has 1 unspecified atom stereocenters. The van der Waals surface area contributed by atoms with Crippen molar-refractivity contribution in [1.29, 1.82) is 0 Å². The molecular formula is C29H33F2N7O4. The quantitative estimate of drug-likeness (QED) is 0.161. The van der Waals surface area contributed by atoms with Gasteiger partial charge in [0.05, 0.1) is 25.1 Å². The first-order valence-electron chi connectivity index (χ1n) is 13.4. The summed E-state index contributed by atoms with van der Waals surface area (Å²) in [5, 5.41) is 18.6. The summed E-state index contributed by atoms with van der Waals surface area (Å²) in [6, 6.07) is 7.93. The van der Waals surface area contributed by atoms with Crippen molar-refractivity contribution in [1.82, 2.24) is 25.0 Å². The average molecular weight is 582 g/mol. The molecule has 0 saturated heterocycles. The minimum absolute atomic E-state index is 0.0145. The lowest BCUT2D eigenvalue weighted by Gasteiger charge is -2.15. The van der Waals surface area contributed by atoms with Crippen LogP contribution in [0.4, 0.5) is 20.3 Å². The molecule has 0 saturated carbocycles. The number of aryl methyl sites for hydroxylation is 1. The van der Waals surface area contributed by atoms with E-state index in [1.165, 1.54) is 31.6 Å². The third-order valence-electron chi connectivity index (χ3n) is 6.61. The highest BCUT2D eigenvalue weighted by Gasteiger charge is 2.20. The van der Waals surface area contributed by atoms with E-state index in [1.807, 2.05) is 6.92 Å². The van der Waals surface area contributed by atoms with Gasteiger partial charge in [-0.2, -0.15) is 4.39 Å². The molecule has 4 aromatic rings. The van der Waals surface area contributed by atoms with Crippen molar-refractivity contribution in [3.63, 3.8) is 0 Å². The summed E-state index contributed by atoms with van der Waals surface area (Å²) in [7, 11) is 1.26. The largest absolute Gasteiger partial charge is 0.494 e. The summed E-state index contributed by atoms with van der Waals surface area (Å²) >= 11 is 0. The van der Waals surface area contributed by atoms with E-state index in [2.05, 4.69) is 25.9 Å². The summed E-state index contributed by atoms with van der Waals surface area (Å²) in [4.78, 5) is 33.3. The van der Waals surface area contributed by atoms with Gasteiger partial charge in [-0.1, -0.05) is 6.92 Å². The van der Waals surface area contributed by atoms with Gasteiger partial charge in [0, 0.05) is 48.7 Å². The number of imidazole rings is 1. The lowest BCUT2D eigenvalue weighted by molar-refractivity contribution is -0.121. The molecular weight excluding hydrogens is 548 g/mol. The summed E-state index contributed by atoms with van der Waals surface area (Å²) in [5.41, 5.74) is 7.93. The second kappa shape index (κ2) is 13.8. The zero-order valence-corrected chi connectivity index (χ0v) is 23.3. The molecule has 1 atom stereocenters. The lowest BCUT2D eigenvalue weighted by Crippen LogP contribution is -2.40. The van der Waals surface area contributed by atoms with Crippen LogP contribution in [0.1, 0.15) is 35.7 Å². The number of carbonyl (C=O) groups excluding carboxylic acids is 2. The van der Waals surface area contributed by atoms with Crippen LogP contribution in [0.5, 0.6) is 5.75 Å². The molecule has 0 aliphatic carbocycles.